The van der Waals surface area contributed by atoms with Crippen molar-refractivity contribution in [2.45, 2.75) is 6.42 Å². The van der Waals surface area contributed by atoms with Crippen molar-refractivity contribution in [2.75, 3.05) is 0 Å². The number of nitrogens with zero attached hydrogens (tertiary/aromatic N) is 3. The lowest BCUT2D eigenvalue weighted by atomic mass is 10.4. The zero-order valence-corrected chi connectivity index (χ0v) is 5.48. The lowest BCUT2D eigenvalue weighted by Gasteiger charge is -1.92. The number of carbonyl (C=O) groups is 1. The molecule has 1 heterocycles. The van der Waals surface area contributed by atoms with Gasteiger partial charge in [0.25, 0.3) is 0 Å². The largest absolute Gasteiger partial charge is 0.481 e. The Labute approximate surface area is 57.3 Å². The van der Waals surface area contributed by atoms with Crippen LogP contribution in [0.2, 0.25) is 0 Å². The van der Waals surface area contributed by atoms with Gasteiger partial charge in [-0.3, -0.25) is 9.48 Å². The van der Waals surface area contributed by atoms with Gasteiger partial charge in [0.15, 0.2) is 0 Å². The fourth-order valence-electron chi connectivity index (χ4n) is 0.615. The molecule has 1 rings (SSSR count). The van der Waals surface area contributed by atoms with Crippen molar-refractivity contribution in [3.8, 4) is 0 Å². The summed E-state index contributed by atoms with van der Waals surface area (Å²) in [5.41, 5.74) is 0. The van der Waals surface area contributed by atoms with Crippen molar-refractivity contribution < 1.29 is 9.90 Å². The average Bonchev–Trinajstić information content (AvgIpc) is 2.15. The predicted molar refractivity (Wildman–Crippen MR) is 32.3 cm³/mol. The van der Waals surface area contributed by atoms with E-state index in [1.165, 1.54) is 11.0 Å². The molecular weight excluding hydrogens is 134 g/mol. The number of carboxylic acids is 1. The second-order valence-electron chi connectivity index (χ2n) is 1.87. The predicted octanol–water partition coefficient (Wildman–Crippen LogP) is -0.558. The molecule has 0 amide bonds. The molecule has 0 radical (unpaired) electrons. The topological polar surface area (TPSA) is 68.0 Å². The van der Waals surface area contributed by atoms with Crippen LogP contribution in [0.4, 0.5) is 0 Å². The van der Waals surface area contributed by atoms with E-state index in [1.807, 2.05) is 0 Å². The summed E-state index contributed by atoms with van der Waals surface area (Å²) in [6.07, 6.45) is 1.26. The number of carboxylic acid groups (broad SMARTS) is 1. The molecule has 0 fully saturated rings. The van der Waals surface area contributed by atoms with Crippen LogP contribution >= 0.6 is 0 Å². The molecule has 0 saturated carbocycles. The highest BCUT2D eigenvalue weighted by Gasteiger charge is 2.04. The molecule has 0 bridgehead atoms. The van der Waals surface area contributed by atoms with Crippen LogP contribution in [0, 0.1) is 0 Å². The highest BCUT2D eigenvalue weighted by molar-refractivity contribution is 5.68. The summed E-state index contributed by atoms with van der Waals surface area (Å²) < 4.78 is 1.44. The van der Waals surface area contributed by atoms with Crippen LogP contribution < -0.4 is 0 Å². The molecule has 5 heteroatoms. The molecule has 0 atom stereocenters. The maximum Gasteiger partial charge on any atom is 0.311 e. The van der Waals surface area contributed by atoms with Crippen LogP contribution in [-0.4, -0.2) is 25.8 Å². The van der Waals surface area contributed by atoms with Gasteiger partial charge in [-0.2, -0.15) is 5.10 Å². The molecule has 5 nitrogen and oxygen atoms in total. The van der Waals surface area contributed by atoms with E-state index in [0.29, 0.717) is 5.82 Å². The van der Waals surface area contributed by atoms with Gasteiger partial charge in [-0.25, -0.2) is 4.98 Å². The summed E-state index contributed by atoms with van der Waals surface area (Å²) in [5, 5.41) is 12.0. The fourth-order valence-corrected chi connectivity index (χ4v) is 0.615. The Morgan fingerprint density at radius 2 is 2.60 bits per heavy atom. The number of aryl methyl sites for hydroxylation is 1. The smallest absolute Gasteiger partial charge is 0.311 e. The quantitative estimate of drug-likeness (QED) is 0.599. The Balaban J connectivity index is 2.74. The van der Waals surface area contributed by atoms with E-state index in [0.717, 1.165) is 0 Å². The molecule has 1 N–H and O–H groups in total. The normalized spacial score (nSPS) is 9.70. The third-order valence-corrected chi connectivity index (χ3v) is 1.11. The van der Waals surface area contributed by atoms with Gasteiger partial charge in [-0.15, -0.1) is 0 Å². The van der Waals surface area contributed by atoms with E-state index in [1.54, 1.807) is 7.05 Å². The summed E-state index contributed by atoms with van der Waals surface area (Å²) in [4.78, 5) is 13.9. The number of aromatic nitrogens is 3. The minimum absolute atomic E-state index is 0.0729. The van der Waals surface area contributed by atoms with Gasteiger partial charge in [-0.05, 0) is 0 Å². The lowest BCUT2D eigenvalue weighted by molar-refractivity contribution is -0.136. The van der Waals surface area contributed by atoms with Crippen molar-refractivity contribution in [3.05, 3.63) is 12.2 Å². The molecule has 0 spiro atoms. The first-order valence-electron chi connectivity index (χ1n) is 2.75. The molecule has 0 unspecified atom stereocenters. The first-order valence-corrected chi connectivity index (χ1v) is 2.75. The first kappa shape index (κ1) is 6.73. The van der Waals surface area contributed by atoms with E-state index in [-0.39, 0.29) is 6.42 Å². The van der Waals surface area contributed by atoms with E-state index < -0.39 is 5.97 Å². The van der Waals surface area contributed by atoms with Crippen LogP contribution in [-0.2, 0) is 18.3 Å². The summed E-state index contributed by atoms with van der Waals surface area (Å²) in [7, 11) is 1.66. The standard InChI is InChI=1S/C5H7N3O2/c1-8-4(2-5(9)10)6-3-7-8/h3H,2H2,1H3,(H,9,10). The van der Waals surface area contributed by atoms with Gasteiger partial charge in [0.2, 0.25) is 0 Å². The molecule has 54 valence electrons. The zero-order chi connectivity index (χ0) is 7.56. The Kier molecular flexibility index (Phi) is 1.66. The third-order valence-electron chi connectivity index (χ3n) is 1.11. The fraction of sp³-hybridized carbons (Fsp3) is 0.400. The molecule has 0 aliphatic heterocycles. The van der Waals surface area contributed by atoms with Crippen molar-refractivity contribution in [1.29, 1.82) is 0 Å². The second kappa shape index (κ2) is 2.47. The highest BCUT2D eigenvalue weighted by Crippen LogP contribution is 1.90. The zero-order valence-electron chi connectivity index (χ0n) is 5.48. The van der Waals surface area contributed by atoms with Crippen molar-refractivity contribution in [1.82, 2.24) is 14.8 Å². The molecule has 0 saturated heterocycles. The van der Waals surface area contributed by atoms with Crippen LogP contribution in [0.15, 0.2) is 6.33 Å². The maximum atomic E-state index is 10.1. The van der Waals surface area contributed by atoms with Gasteiger partial charge in [0.1, 0.15) is 18.6 Å². The molecule has 1 aromatic heterocycles. The second-order valence-corrected chi connectivity index (χ2v) is 1.87. The van der Waals surface area contributed by atoms with Crippen LogP contribution in [0.1, 0.15) is 5.82 Å². The molecule has 0 aliphatic rings. The number of rotatable bonds is 2. The maximum absolute atomic E-state index is 10.1. The van der Waals surface area contributed by atoms with E-state index in [4.69, 9.17) is 5.11 Å². The van der Waals surface area contributed by atoms with Crippen molar-refractivity contribution in [3.63, 3.8) is 0 Å². The Morgan fingerprint density at radius 1 is 1.90 bits per heavy atom. The lowest BCUT2D eigenvalue weighted by Crippen LogP contribution is -2.06. The van der Waals surface area contributed by atoms with Crippen LogP contribution in [0.5, 0.6) is 0 Å². The summed E-state index contributed by atoms with van der Waals surface area (Å²) >= 11 is 0. The monoisotopic (exact) mass is 141 g/mol. The SMILES string of the molecule is Cn1ncnc1CC(=O)O. The van der Waals surface area contributed by atoms with Gasteiger partial charge in [-0.1, -0.05) is 0 Å². The molecular formula is C5H7N3O2. The van der Waals surface area contributed by atoms with Crippen LogP contribution in [0.25, 0.3) is 0 Å². The van der Waals surface area contributed by atoms with Crippen molar-refractivity contribution in [2.24, 2.45) is 7.05 Å². The number of hydrogen-bond acceptors (Lipinski definition) is 3. The van der Waals surface area contributed by atoms with Crippen LogP contribution in [0.3, 0.4) is 0 Å². The molecule has 10 heavy (non-hydrogen) atoms. The molecule has 0 aromatic carbocycles. The first-order chi connectivity index (χ1) is 4.70. The van der Waals surface area contributed by atoms with Gasteiger partial charge >= 0.3 is 5.97 Å². The van der Waals surface area contributed by atoms with E-state index >= 15 is 0 Å². The minimum atomic E-state index is -0.892. The number of aliphatic carboxylic acids is 1. The van der Waals surface area contributed by atoms with Gasteiger partial charge in [0, 0.05) is 7.05 Å². The number of hydrogen-bond donors (Lipinski definition) is 1. The van der Waals surface area contributed by atoms with E-state index in [2.05, 4.69) is 10.1 Å². The summed E-state index contributed by atoms with van der Waals surface area (Å²) in [5.74, 6) is -0.427. The minimum Gasteiger partial charge on any atom is -0.481 e. The average molecular weight is 141 g/mol. The summed E-state index contributed by atoms with van der Waals surface area (Å²) in [6, 6.07) is 0. The Bertz CT molecular complexity index is 243. The Morgan fingerprint density at radius 3 is 3.00 bits per heavy atom. The third kappa shape index (κ3) is 1.31. The van der Waals surface area contributed by atoms with Gasteiger partial charge in [0.05, 0.1) is 0 Å². The highest BCUT2D eigenvalue weighted by atomic mass is 16.4. The van der Waals surface area contributed by atoms with Crippen molar-refractivity contribution >= 4 is 5.97 Å². The molecule has 1 aromatic rings. The summed E-state index contributed by atoms with van der Waals surface area (Å²) in [6.45, 7) is 0. The Hall–Kier alpha value is -1.39. The molecule has 0 aliphatic carbocycles. The van der Waals surface area contributed by atoms with E-state index in [9.17, 15) is 4.79 Å². The van der Waals surface area contributed by atoms with Gasteiger partial charge < -0.3 is 5.11 Å².